The van der Waals surface area contributed by atoms with Gasteiger partial charge < -0.3 is 15.7 Å². The van der Waals surface area contributed by atoms with Crippen molar-refractivity contribution in [3.8, 4) is 0 Å². The van der Waals surface area contributed by atoms with E-state index in [4.69, 9.17) is 10.8 Å². The van der Waals surface area contributed by atoms with Crippen molar-refractivity contribution in [3.63, 3.8) is 0 Å². The van der Waals surface area contributed by atoms with E-state index in [2.05, 4.69) is 13.8 Å². The lowest BCUT2D eigenvalue weighted by atomic mass is 9.97. The number of hydrogen-bond acceptors (Lipinski definition) is 3. The summed E-state index contributed by atoms with van der Waals surface area (Å²) in [7, 11) is 0. The molecule has 0 aromatic heterocycles. The first-order chi connectivity index (χ1) is 8.03. The fraction of sp³-hybridized carbons (Fsp3) is 0.923. The first kappa shape index (κ1) is 16.4. The molecule has 1 unspecified atom stereocenters. The van der Waals surface area contributed by atoms with Crippen LogP contribution in [0.2, 0.25) is 0 Å². The summed E-state index contributed by atoms with van der Waals surface area (Å²) in [6.07, 6.45) is 2.69. The maximum atomic E-state index is 12.3. The van der Waals surface area contributed by atoms with Crippen LogP contribution in [0.25, 0.3) is 0 Å². The molecule has 0 aromatic rings. The molecule has 4 nitrogen and oxygen atoms in total. The van der Waals surface area contributed by atoms with Gasteiger partial charge in [-0.25, -0.2) is 0 Å². The van der Waals surface area contributed by atoms with Crippen LogP contribution < -0.4 is 5.73 Å². The Balaban J connectivity index is 4.74. The van der Waals surface area contributed by atoms with Crippen LogP contribution >= 0.6 is 0 Å². The summed E-state index contributed by atoms with van der Waals surface area (Å²) in [5, 5.41) is 9.07. The minimum absolute atomic E-state index is 0.00450. The molecule has 0 bridgehead atoms. The molecule has 0 aliphatic rings. The molecule has 0 aliphatic heterocycles. The summed E-state index contributed by atoms with van der Waals surface area (Å²) in [5.41, 5.74) is 5.98. The molecule has 102 valence electrons. The molecule has 0 rings (SSSR count). The first-order valence-corrected chi connectivity index (χ1v) is 6.70. The zero-order chi connectivity index (χ0) is 13.4. The second kappa shape index (κ2) is 8.48. The van der Waals surface area contributed by atoms with Crippen molar-refractivity contribution in [1.82, 2.24) is 4.90 Å². The Kier molecular flexibility index (Phi) is 8.17. The Morgan fingerprint density at radius 2 is 1.76 bits per heavy atom. The van der Waals surface area contributed by atoms with Crippen LogP contribution in [-0.4, -0.2) is 41.1 Å². The maximum absolute atomic E-state index is 12.3. The highest BCUT2D eigenvalue weighted by Crippen LogP contribution is 2.14. The zero-order valence-electron chi connectivity index (χ0n) is 11.6. The van der Waals surface area contributed by atoms with Crippen molar-refractivity contribution in [3.05, 3.63) is 0 Å². The highest BCUT2D eigenvalue weighted by atomic mass is 16.3. The van der Waals surface area contributed by atoms with E-state index in [-0.39, 0.29) is 24.5 Å². The fourth-order valence-corrected chi connectivity index (χ4v) is 2.00. The van der Waals surface area contributed by atoms with E-state index in [1.54, 1.807) is 4.90 Å². The van der Waals surface area contributed by atoms with Gasteiger partial charge in [-0.05, 0) is 18.8 Å². The monoisotopic (exact) mass is 244 g/mol. The second-order valence-corrected chi connectivity index (χ2v) is 4.64. The molecule has 0 aromatic carbocycles. The van der Waals surface area contributed by atoms with Gasteiger partial charge >= 0.3 is 0 Å². The lowest BCUT2D eigenvalue weighted by molar-refractivity contribution is -0.136. The molecule has 3 N–H and O–H groups in total. The maximum Gasteiger partial charge on any atom is 0.240 e. The normalized spacial score (nSPS) is 14.8. The quantitative estimate of drug-likeness (QED) is 0.677. The number of carbonyl (C=O) groups is 1. The third kappa shape index (κ3) is 4.64. The van der Waals surface area contributed by atoms with E-state index in [0.717, 1.165) is 19.3 Å². The molecular weight excluding hydrogens is 216 g/mol. The third-order valence-corrected chi connectivity index (χ3v) is 3.55. The smallest absolute Gasteiger partial charge is 0.240 e. The average Bonchev–Trinajstić information content (AvgIpc) is 2.36. The number of aliphatic hydroxyl groups excluding tert-OH is 1. The van der Waals surface area contributed by atoms with Gasteiger partial charge in [0.2, 0.25) is 5.91 Å². The molecule has 0 fully saturated rings. The van der Waals surface area contributed by atoms with Gasteiger partial charge in [0.15, 0.2) is 0 Å². The minimum Gasteiger partial charge on any atom is -0.395 e. The largest absolute Gasteiger partial charge is 0.395 e. The van der Waals surface area contributed by atoms with Crippen LogP contribution in [0.5, 0.6) is 0 Å². The molecule has 1 amide bonds. The molecule has 0 saturated heterocycles. The van der Waals surface area contributed by atoms with Crippen molar-refractivity contribution in [2.75, 3.05) is 13.2 Å². The van der Waals surface area contributed by atoms with Crippen molar-refractivity contribution in [2.24, 2.45) is 11.7 Å². The number of hydrogen-bond donors (Lipinski definition) is 2. The highest BCUT2D eigenvalue weighted by molar-refractivity contribution is 5.82. The van der Waals surface area contributed by atoms with E-state index in [1.165, 1.54) is 0 Å². The van der Waals surface area contributed by atoms with E-state index in [9.17, 15) is 4.79 Å². The number of nitrogens with zero attached hydrogens (tertiary/aromatic N) is 1. The third-order valence-electron chi connectivity index (χ3n) is 3.55. The van der Waals surface area contributed by atoms with Crippen LogP contribution in [-0.2, 0) is 4.79 Å². The number of aliphatic hydroxyl groups is 1. The SMILES string of the molecule is CCC(C)[C@H](N)C(=O)N(CCO)C(CC)CC. The summed E-state index contributed by atoms with van der Waals surface area (Å²) < 4.78 is 0. The standard InChI is InChI=1S/C13H28N2O2/c1-5-10(4)12(14)13(17)15(8-9-16)11(6-2)7-3/h10-12,16H,5-9,14H2,1-4H3/t10?,12-/m0/s1. The van der Waals surface area contributed by atoms with Gasteiger partial charge in [-0.2, -0.15) is 0 Å². The van der Waals surface area contributed by atoms with Gasteiger partial charge in [-0.1, -0.05) is 34.1 Å². The van der Waals surface area contributed by atoms with Crippen molar-refractivity contribution in [2.45, 2.75) is 59.0 Å². The Hall–Kier alpha value is -0.610. The number of amides is 1. The van der Waals surface area contributed by atoms with E-state index >= 15 is 0 Å². The topological polar surface area (TPSA) is 66.6 Å². The molecule has 0 heterocycles. The van der Waals surface area contributed by atoms with Gasteiger partial charge in [-0.15, -0.1) is 0 Å². The lowest BCUT2D eigenvalue weighted by Crippen LogP contribution is -2.51. The van der Waals surface area contributed by atoms with Crippen LogP contribution in [0, 0.1) is 5.92 Å². The molecule has 2 atom stereocenters. The molecule has 0 aliphatic carbocycles. The average molecular weight is 244 g/mol. The van der Waals surface area contributed by atoms with Crippen LogP contribution in [0.1, 0.15) is 47.0 Å². The Morgan fingerprint density at radius 1 is 1.24 bits per heavy atom. The Labute approximate surface area is 105 Å². The predicted molar refractivity (Wildman–Crippen MR) is 70.6 cm³/mol. The number of nitrogens with two attached hydrogens (primary N) is 1. The van der Waals surface area contributed by atoms with E-state index in [0.29, 0.717) is 6.54 Å². The summed E-state index contributed by atoms with van der Waals surface area (Å²) in [5.74, 6) is 0.153. The Morgan fingerprint density at radius 3 is 2.12 bits per heavy atom. The fourth-order valence-electron chi connectivity index (χ4n) is 2.00. The molecule has 0 saturated carbocycles. The summed E-state index contributed by atoms with van der Waals surface area (Å²) >= 11 is 0. The summed E-state index contributed by atoms with van der Waals surface area (Å²) in [4.78, 5) is 14.0. The Bertz CT molecular complexity index is 217. The van der Waals surface area contributed by atoms with Crippen molar-refractivity contribution < 1.29 is 9.90 Å². The predicted octanol–water partition coefficient (Wildman–Crippen LogP) is 1.37. The number of rotatable bonds is 8. The molecule has 4 heteroatoms. The van der Waals surface area contributed by atoms with E-state index < -0.39 is 6.04 Å². The van der Waals surface area contributed by atoms with Gasteiger partial charge in [-0.3, -0.25) is 4.79 Å². The van der Waals surface area contributed by atoms with Crippen LogP contribution in [0.15, 0.2) is 0 Å². The van der Waals surface area contributed by atoms with Gasteiger partial charge in [0, 0.05) is 12.6 Å². The minimum atomic E-state index is -0.452. The molecule has 17 heavy (non-hydrogen) atoms. The van der Waals surface area contributed by atoms with Crippen molar-refractivity contribution >= 4 is 5.91 Å². The van der Waals surface area contributed by atoms with Crippen LogP contribution in [0.3, 0.4) is 0 Å². The van der Waals surface area contributed by atoms with Gasteiger partial charge in [0.1, 0.15) is 0 Å². The zero-order valence-corrected chi connectivity index (χ0v) is 11.6. The second-order valence-electron chi connectivity index (χ2n) is 4.64. The molecule has 0 spiro atoms. The van der Waals surface area contributed by atoms with E-state index in [1.807, 2.05) is 13.8 Å². The summed E-state index contributed by atoms with van der Waals surface area (Å²) in [6.45, 7) is 8.52. The molecule has 0 radical (unpaired) electrons. The van der Waals surface area contributed by atoms with Crippen LogP contribution in [0.4, 0.5) is 0 Å². The van der Waals surface area contributed by atoms with Gasteiger partial charge in [0.05, 0.1) is 12.6 Å². The highest BCUT2D eigenvalue weighted by Gasteiger charge is 2.28. The van der Waals surface area contributed by atoms with Crippen molar-refractivity contribution in [1.29, 1.82) is 0 Å². The number of carbonyl (C=O) groups excluding carboxylic acids is 1. The first-order valence-electron chi connectivity index (χ1n) is 6.70. The lowest BCUT2D eigenvalue weighted by Gasteiger charge is -2.33. The summed E-state index contributed by atoms with van der Waals surface area (Å²) in [6, 6.07) is -0.267. The molecular formula is C13H28N2O2. The van der Waals surface area contributed by atoms with Gasteiger partial charge in [0.25, 0.3) is 0 Å².